The Balaban J connectivity index is 2.09. The second-order valence-corrected chi connectivity index (χ2v) is 4.98. The van der Waals surface area contributed by atoms with Crippen LogP contribution in [0.4, 0.5) is 5.95 Å². The van der Waals surface area contributed by atoms with Gasteiger partial charge in [0.15, 0.2) is 0 Å². The van der Waals surface area contributed by atoms with E-state index in [1.165, 1.54) is 6.07 Å². The second kappa shape index (κ2) is 5.06. The van der Waals surface area contributed by atoms with Crippen LogP contribution in [-0.4, -0.2) is 24.6 Å². The van der Waals surface area contributed by atoms with E-state index in [-0.39, 0.29) is 11.5 Å². The molecule has 4 rings (SSSR count). The van der Waals surface area contributed by atoms with Crippen molar-refractivity contribution in [2.24, 2.45) is 0 Å². The fourth-order valence-corrected chi connectivity index (χ4v) is 2.54. The van der Waals surface area contributed by atoms with Gasteiger partial charge in [-0.15, -0.1) is 0 Å². The topological polar surface area (TPSA) is 102 Å². The first-order valence-corrected chi connectivity index (χ1v) is 6.98. The first kappa shape index (κ1) is 13.2. The molecule has 0 saturated heterocycles. The van der Waals surface area contributed by atoms with E-state index < -0.39 is 0 Å². The van der Waals surface area contributed by atoms with E-state index in [0.29, 0.717) is 17.1 Å². The third kappa shape index (κ3) is 2.24. The lowest BCUT2D eigenvalue weighted by Crippen LogP contribution is -2.10. The van der Waals surface area contributed by atoms with Gasteiger partial charge in [0.25, 0.3) is 5.56 Å². The molecule has 112 valence electrons. The lowest BCUT2D eigenvalue weighted by molar-refractivity contribution is 0.962. The Morgan fingerprint density at radius 3 is 2.74 bits per heavy atom. The molecule has 23 heavy (non-hydrogen) atoms. The van der Waals surface area contributed by atoms with Gasteiger partial charge in [-0.1, -0.05) is 12.1 Å². The molecular formula is C16H12N6O. The van der Waals surface area contributed by atoms with Gasteiger partial charge in [0.2, 0.25) is 5.95 Å². The SMILES string of the molecule is Nc1nc(-c2c(-c3ccccn3)nn3ccccc23)cc(=O)[nH]1. The highest BCUT2D eigenvalue weighted by molar-refractivity contribution is 5.89. The molecule has 0 aromatic carbocycles. The third-order valence-corrected chi connectivity index (χ3v) is 3.46. The van der Waals surface area contributed by atoms with Crippen molar-refractivity contribution < 1.29 is 0 Å². The van der Waals surface area contributed by atoms with Crippen LogP contribution >= 0.6 is 0 Å². The van der Waals surface area contributed by atoms with E-state index in [9.17, 15) is 4.79 Å². The zero-order chi connectivity index (χ0) is 15.8. The number of hydrogen-bond acceptors (Lipinski definition) is 5. The zero-order valence-corrected chi connectivity index (χ0v) is 12.0. The van der Waals surface area contributed by atoms with Crippen LogP contribution in [0, 0.1) is 0 Å². The Kier molecular flexibility index (Phi) is 2.90. The van der Waals surface area contributed by atoms with Gasteiger partial charge in [0.1, 0.15) is 5.69 Å². The minimum atomic E-state index is -0.310. The number of H-pyrrole nitrogens is 1. The first-order valence-electron chi connectivity index (χ1n) is 6.98. The van der Waals surface area contributed by atoms with Crippen molar-refractivity contribution in [1.82, 2.24) is 24.6 Å². The standard InChI is InChI=1S/C16H12N6O/c17-16-19-11(9-13(23)20-16)14-12-6-2-4-8-22(12)21-15(14)10-5-1-3-7-18-10/h1-9H,(H3,17,19,20,23). The summed E-state index contributed by atoms with van der Waals surface area (Å²) in [6, 6.07) is 12.7. The number of pyridine rings is 2. The lowest BCUT2D eigenvalue weighted by atomic mass is 10.1. The number of aromatic nitrogens is 5. The minimum Gasteiger partial charge on any atom is -0.369 e. The minimum absolute atomic E-state index is 0.0646. The number of anilines is 1. The number of rotatable bonds is 2. The number of nitrogens with one attached hydrogen (secondary N) is 1. The van der Waals surface area contributed by atoms with Crippen molar-refractivity contribution in [2.75, 3.05) is 5.73 Å². The van der Waals surface area contributed by atoms with E-state index in [4.69, 9.17) is 5.73 Å². The number of fused-ring (bicyclic) bond motifs is 1. The molecule has 0 aliphatic rings. The van der Waals surface area contributed by atoms with Gasteiger partial charge in [-0.3, -0.25) is 14.8 Å². The molecule has 7 nitrogen and oxygen atoms in total. The van der Waals surface area contributed by atoms with E-state index in [1.54, 1.807) is 10.7 Å². The molecule has 0 radical (unpaired) electrons. The normalized spacial score (nSPS) is 11.0. The largest absolute Gasteiger partial charge is 0.369 e. The summed E-state index contributed by atoms with van der Waals surface area (Å²) in [5, 5.41) is 4.58. The van der Waals surface area contributed by atoms with Gasteiger partial charge >= 0.3 is 0 Å². The van der Waals surface area contributed by atoms with Crippen molar-refractivity contribution in [1.29, 1.82) is 0 Å². The van der Waals surface area contributed by atoms with Crippen LogP contribution in [0.25, 0.3) is 28.2 Å². The van der Waals surface area contributed by atoms with E-state index in [0.717, 1.165) is 11.1 Å². The Hall–Kier alpha value is -3.48. The molecule has 4 heterocycles. The monoisotopic (exact) mass is 304 g/mol. The maximum absolute atomic E-state index is 11.8. The van der Waals surface area contributed by atoms with Crippen LogP contribution in [0.3, 0.4) is 0 Å². The maximum atomic E-state index is 11.8. The molecule has 0 fully saturated rings. The van der Waals surface area contributed by atoms with E-state index in [2.05, 4.69) is 20.1 Å². The Morgan fingerprint density at radius 1 is 1.09 bits per heavy atom. The molecule has 4 aromatic rings. The molecule has 0 aliphatic heterocycles. The Morgan fingerprint density at radius 2 is 1.96 bits per heavy atom. The highest BCUT2D eigenvalue weighted by Gasteiger charge is 2.18. The number of hydrogen-bond donors (Lipinski definition) is 2. The number of nitrogen functional groups attached to an aromatic ring is 1. The molecule has 4 aromatic heterocycles. The average Bonchev–Trinajstić information content (AvgIpc) is 2.94. The molecule has 3 N–H and O–H groups in total. The summed E-state index contributed by atoms with van der Waals surface area (Å²) >= 11 is 0. The van der Waals surface area contributed by atoms with Gasteiger partial charge in [-0.25, -0.2) is 9.50 Å². The maximum Gasteiger partial charge on any atom is 0.252 e. The molecule has 0 unspecified atom stereocenters. The number of nitrogens with two attached hydrogens (primary N) is 1. The van der Waals surface area contributed by atoms with Gasteiger partial charge in [0.05, 0.1) is 22.5 Å². The van der Waals surface area contributed by atoms with Crippen molar-refractivity contribution in [3.8, 4) is 22.6 Å². The van der Waals surface area contributed by atoms with Gasteiger partial charge in [0, 0.05) is 18.5 Å². The fourth-order valence-electron chi connectivity index (χ4n) is 2.54. The summed E-state index contributed by atoms with van der Waals surface area (Å²) in [5.41, 5.74) is 8.74. The second-order valence-electron chi connectivity index (χ2n) is 4.98. The van der Waals surface area contributed by atoms with Gasteiger partial charge < -0.3 is 5.73 Å². The quantitative estimate of drug-likeness (QED) is 0.587. The summed E-state index contributed by atoms with van der Waals surface area (Å²) < 4.78 is 1.73. The predicted octanol–water partition coefficient (Wildman–Crippen LogP) is 1.73. The highest BCUT2D eigenvalue weighted by Crippen LogP contribution is 2.32. The number of aromatic amines is 1. The molecule has 7 heteroatoms. The molecule has 0 spiro atoms. The molecule has 0 aliphatic carbocycles. The van der Waals surface area contributed by atoms with Crippen molar-refractivity contribution in [2.45, 2.75) is 0 Å². The molecule has 0 atom stereocenters. The van der Waals surface area contributed by atoms with Gasteiger partial charge in [-0.2, -0.15) is 5.10 Å². The zero-order valence-electron chi connectivity index (χ0n) is 12.0. The van der Waals surface area contributed by atoms with Crippen LogP contribution in [0.1, 0.15) is 0 Å². The smallest absolute Gasteiger partial charge is 0.252 e. The summed E-state index contributed by atoms with van der Waals surface area (Å²) in [6.07, 6.45) is 3.53. The summed E-state index contributed by atoms with van der Waals surface area (Å²) in [6.45, 7) is 0. The summed E-state index contributed by atoms with van der Waals surface area (Å²) in [5.74, 6) is 0.0646. The third-order valence-electron chi connectivity index (χ3n) is 3.46. The molecule has 0 amide bonds. The van der Waals surface area contributed by atoms with Crippen LogP contribution in [0.5, 0.6) is 0 Å². The lowest BCUT2D eigenvalue weighted by Gasteiger charge is -2.03. The van der Waals surface area contributed by atoms with Crippen LogP contribution in [0.2, 0.25) is 0 Å². The van der Waals surface area contributed by atoms with Crippen molar-refractivity contribution >= 4 is 11.5 Å². The van der Waals surface area contributed by atoms with E-state index >= 15 is 0 Å². The van der Waals surface area contributed by atoms with Crippen molar-refractivity contribution in [3.63, 3.8) is 0 Å². The van der Waals surface area contributed by atoms with Gasteiger partial charge in [-0.05, 0) is 24.3 Å². The average molecular weight is 304 g/mol. The summed E-state index contributed by atoms with van der Waals surface area (Å²) in [4.78, 5) is 22.8. The molecule has 0 bridgehead atoms. The van der Waals surface area contributed by atoms with Crippen molar-refractivity contribution in [3.05, 3.63) is 65.2 Å². The van der Waals surface area contributed by atoms with Crippen LogP contribution in [0.15, 0.2) is 59.7 Å². The molecular weight excluding hydrogens is 292 g/mol. The highest BCUT2D eigenvalue weighted by atomic mass is 16.1. The predicted molar refractivity (Wildman–Crippen MR) is 86.7 cm³/mol. The Labute approximate surface area is 130 Å². The summed E-state index contributed by atoms with van der Waals surface area (Å²) in [7, 11) is 0. The first-order chi connectivity index (χ1) is 11.2. The number of nitrogens with zero attached hydrogens (tertiary/aromatic N) is 4. The fraction of sp³-hybridized carbons (Fsp3) is 0. The Bertz CT molecular complexity index is 1050. The molecule has 0 saturated carbocycles. The van der Waals surface area contributed by atoms with E-state index in [1.807, 2.05) is 42.6 Å². The van der Waals surface area contributed by atoms with Crippen LogP contribution < -0.4 is 11.3 Å². The van der Waals surface area contributed by atoms with Crippen LogP contribution in [-0.2, 0) is 0 Å².